The molecule has 0 saturated carbocycles. The molecule has 2 heterocycles. The van der Waals surface area contributed by atoms with E-state index in [2.05, 4.69) is 15.2 Å². The maximum Gasteiger partial charge on any atom is 0.257 e. The first-order valence-corrected chi connectivity index (χ1v) is 12.0. The van der Waals surface area contributed by atoms with Gasteiger partial charge in [-0.2, -0.15) is 0 Å². The second-order valence-electron chi connectivity index (χ2n) is 6.98. The Balaban J connectivity index is 0.00000149. The molecule has 7 nitrogen and oxygen atoms in total. The number of para-hydroxylation sites is 1. The van der Waals surface area contributed by atoms with Gasteiger partial charge < -0.3 is 19.1 Å². The molecule has 0 unspecified atom stereocenters. The lowest BCUT2D eigenvalue weighted by molar-refractivity contribution is 0.102. The number of nitrogens with one attached hydrogen (secondary N) is 1. The molecule has 1 amide bonds. The second-order valence-corrected chi connectivity index (χ2v) is 7.83. The van der Waals surface area contributed by atoms with Crippen LogP contribution in [-0.2, 0) is 9.47 Å². The highest BCUT2D eigenvalue weighted by atomic mass is 32.1. The molecular formula is C25H31N3O4S. The molecule has 1 aliphatic heterocycles. The summed E-state index contributed by atoms with van der Waals surface area (Å²) in [6.07, 6.45) is 0. The van der Waals surface area contributed by atoms with Crippen molar-refractivity contribution in [2.75, 3.05) is 56.8 Å². The number of carbonyl (C=O) groups excluding carboxylic acids is 1. The van der Waals surface area contributed by atoms with Crippen LogP contribution < -0.4 is 15.0 Å². The van der Waals surface area contributed by atoms with Crippen molar-refractivity contribution < 1.29 is 19.0 Å². The van der Waals surface area contributed by atoms with E-state index in [1.54, 1.807) is 7.11 Å². The molecule has 0 bridgehead atoms. The number of nitrogens with zero attached hydrogens (tertiary/aromatic N) is 2. The van der Waals surface area contributed by atoms with Gasteiger partial charge in [-0.3, -0.25) is 10.1 Å². The summed E-state index contributed by atoms with van der Waals surface area (Å²) in [4.78, 5) is 19.5. The number of carbonyl (C=O) groups is 1. The molecule has 33 heavy (non-hydrogen) atoms. The Morgan fingerprint density at radius 2 is 1.82 bits per heavy atom. The highest BCUT2D eigenvalue weighted by Crippen LogP contribution is 2.32. The summed E-state index contributed by atoms with van der Waals surface area (Å²) in [6.45, 7) is 8.16. The number of hydrogen-bond acceptors (Lipinski definition) is 7. The molecule has 0 atom stereocenters. The third-order valence-corrected chi connectivity index (χ3v) is 5.70. The molecule has 0 radical (unpaired) electrons. The van der Waals surface area contributed by atoms with Gasteiger partial charge in [-0.25, -0.2) is 4.98 Å². The van der Waals surface area contributed by atoms with E-state index in [0.717, 1.165) is 49.0 Å². The summed E-state index contributed by atoms with van der Waals surface area (Å²) in [5, 5.41) is 5.35. The molecule has 2 aromatic carbocycles. The standard InChI is InChI=1S/C23H25N3O4S.C2H6/c1-28-14-15-30-21-5-3-2-4-19(21)20-16-31-23(24-20)25-22(27)17-6-8-18(9-7-17)26-10-12-29-13-11-26;1-2/h2-9,16H,10-15H2,1H3,(H,24,25,27);1-2H3. The molecule has 0 spiro atoms. The summed E-state index contributed by atoms with van der Waals surface area (Å²) < 4.78 is 16.2. The molecule has 1 saturated heterocycles. The van der Waals surface area contributed by atoms with Gasteiger partial charge in [0.2, 0.25) is 0 Å². The Morgan fingerprint density at radius 1 is 1.09 bits per heavy atom. The second kappa shape index (κ2) is 12.9. The minimum Gasteiger partial charge on any atom is -0.490 e. The third-order valence-electron chi connectivity index (χ3n) is 4.94. The maximum atomic E-state index is 12.7. The van der Waals surface area contributed by atoms with E-state index in [-0.39, 0.29) is 5.91 Å². The number of morpholine rings is 1. The summed E-state index contributed by atoms with van der Waals surface area (Å²) in [5.74, 6) is 0.556. The molecule has 3 aromatic rings. The molecule has 1 aliphatic rings. The lowest BCUT2D eigenvalue weighted by Gasteiger charge is -2.28. The van der Waals surface area contributed by atoms with Crippen molar-refractivity contribution >= 4 is 28.1 Å². The van der Waals surface area contributed by atoms with Crippen molar-refractivity contribution in [2.45, 2.75) is 13.8 Å². The molecule has 0 aliphatic carbocycles. The van der Waals surface area contributed by atoms with E-state index in [1.165, 1.54) is 11.3 Å². The Bertz CT molecular complexity index is 1000. The SMILES string of the molecule is CC.COCCOc1ccccc1-c1csc(NC(=O)c2ccc(N3CCOCC3)cc2)n1. The van der Waals surface area contributed by atoms with E-state index in [1.807, 2.05) is 67.8 Å². The van der Waals surface area contributed by atoms with Gasteiger partial charge in [0, 0.05) is 42.4 Å². The normalized spacial score (nSPS) is 13.1. The van der Waals surface area contributed by atoms with Crippen LogP contribution in [0.1, 0.15) is 24.2 Å². The molecule has 4 rings (SSSR count). The van der Waals surface area contributed by atoms with Crippen molar-refractivity contribution in [1.29, 1.82) is 0 Å². The van der Waals surface area contributed by atoms with Crippen LogP contribution in [0.3, 0.4) is 0 Å². The monoisotopic (exact) mass is 469 g/mol. The Labute approximate surface area is 199 Å². The van der Waals surface area contributed by atoms with Crippen LogP contribution >= 0.6 is 11.3 Å². The van der Waals surface area contributed by atoms with Gasteiger partial charge in [0.25, 0.3) is 5.91 Å². The van der Waals surface area contributed by atoms with Crippen molar-refractivity contribution in [3.05, 3.63) is 59.5 Å². The van der Waals surface area contributed by atoms with Gasteiger partial charge in [-0.1, -0.05) is 26.0 Å². The average Bonchev–Trinajstić information content (AvgIpc) is 3.34. The maximum absolute atomic E-state index is 12.7. The lowest BCUT2D eigenvalue weighted by atomic mass is 10.1. The van der Waals surface area contributed by atoms with Crippen LogP contribution in [0.5, 0.6) is 5.75 Å². The fourth-order valence-corrected chi connectivity index (χ4v) is 4.01. The van der Waals surface area contributed by atoms with E-state index in [0.29, 0.717) is 23.9 Å². The largest absolute Gasteiger partial charge is 0.490 e. The van der Waals surface area contributed by atoms with Crippen molar-refractivity contribution in [2.24, 2.45) is 0 Å². The van der Waals surface area contributed by atoms with Crippen LogP contribution in [0, 0.1) is 0 Å². The lowest BCUT2D eigenvalue weighted by Crippen LogP contribution is -2.36. The number of rotatable bonds is 8. The van der Waals surface area contributed by atoms with Crippen molar-refractivity contribution in [1.82, 2.24) is 4.98 Å². The number of ether oxygens (including phenoxy) is 3. The van der Waals surface area contributed by atoms with E-state index < -0.39 is 0 Å². The number of methoxy groups -OCH3 is 1. The van der Waals surface area contributed by atoms with Gasteiger partial charge in [0.1, 0.15) is 12.4 Å². The molecule has 1 fully saturated rings. The topological polar surface area (TPSA) is 72.9 Å². The molecule has 1 N–H and O–H groups in total. The average molecular weight is 470 g/mol. The third kappa shape index (κ3) is 6.77. The fourth-order valence-electron chi connectivity index (χ4n) is 3.31. The van der Waals surface area contributed by atoms with Crippen molar-refractivity contribution in [3.63, 3.8) is 0 Å². The number of thiazole rings is 1. The van der Waals surface area contributed by atoms with Crippen LogP contribution in [0.4, 0.5) is 10.8 Å². The first-order valence-electron chi connectivity index (χ1n) is 11.2. The van der Waals surface area contributed by atoms with Gasteiger partial charge in [-0.15, -0.1) is 11.3 Å². The van der Waals surface area contributed by atoms with Gasteiger partial charge in [0.05, 0.1) is 25.5 Å². The summed E-state index contributed by atoms with van der Waals surface area (Å²) in [5.41, 5.74) is 3.33. The van der Waals surface area contributed by atoms with Crippen LogP contribution in [0.25, 0.3) is 11.3 Å². The van der Waals surface area contributed by atoms with Crippen LogP contribution in [-0.4, -0.2) is 57.5 Å². The predicted molar refractivity (Wildman–Crippen MR) is 134 cm³/mol. The first kappa shape index (κ1) is 24.7. The molecule has 176 valence electrons. The smallest absolute Gasteiger partial charge is 0.257 e. The fraction of sp³-hybridized carbons (Fsp3) is 0.360. The minimum atomic E-state index is -0.181. The van der Waals surface area contributed by atoms with Crippen molar-refractivity contribution in [3.8, 4) is 17.0 Å². The van der Waals surface area contributed by atoms with Gasteiger partial charge >= 0.3 is 0 Å². The summed E-state index contributed by atoms with van der Waals surface area (Å²) in [7, 11) is 1.64. The quantitative estimate of drug-likeness (QED) is 0.471. The Morgan fingerprint density at radius 3 is 2.55 bits per heavy atom. The predicted octanol–water partition coefficient (Wildman–Crippen LogP) is 4.95. The highest BCUT2D eigenvalue weighted by molar-refractivity contribution is 7.14. The van der Waals surface area contributed by atoms with Crippen LogP contribution in [0.2, 0.25) is 0 Å². The minimum absolute atomic E-state index is 0.181. The zero-order chi connectivity index (χ0) is 23.5. The highest BCUT2D eigenvalue weighted by Gasteiger charge is 2.15. The van der Waals surface area contributed by atoms with E-state index in [9.17, 15) is 4.79 Å². The van der Waals surface area contributed by atoms with Gasteiger partial charge in [0.15, 0.2) is 5.13 Å². The zero-order valence-electron chi connectivity index (χ0n) is 19.4. The summed E-state index contributed by atoms with van der Waals surface area (Å²) >= 11 is 1.38. The Kier molecular flexibility index (Phi) is 9.68. The van der Waals surface area contributed by atoms with E-state index >= 15 is 0 Å². The number of benzene rings is 2. The first-order chi connectivity index (χ1) is 16.2. The number of hydrogen-bond donors (Lipinski definition) is 1. The van der Waals surface area contributed by atoms with E-state index in [4.69, 9.17) is 14.2 Å². The number of amides is 1. The Hall–Kier alpha value is -2.94. The molecule has 1 aromatic heterocycles. The van der Waals surface area contributed by atoms with Gasteiger partial charge in [-0.05, 0) is 36.4 Å². The number of anilines is 2. The molecular weight excluding hydrogens is 438 g/mol. The van der Waals surface area contributed by atoms with Crippen LogP contribution in [0.15, 0.2) is 53.9 Å². The summed E-state index contributed by atoms with van der Waals surface area (Å²) in [6, 6.07) is 15.3. The number of aromatic nitrogens is 1. The molecule has 8 heteroatoms. The zero-order valence-corrected chi connectivity index (χ0v) is 20.2.